The van der Waals surface area contributed by atoms with Crippen molar-refractivity contribution in [3.63, 3.8) is 0 Å². The van der Waals surface area contributed by atoms with Gasteiger partial charge in [0.05, 0.1) is 12.8 Å². The first-order valence-corrected chi connectivity index (χ1v) is 10.2. The molecule has 0 atom stereocenters. The van der Waals surface area contributed by atoms with E-state index >= 15 is 0 Å². The standard InChI is InChI=1S/C19H25N5OS2/c1-4-5-9-20-18(26)24-23-14(2)15-7-8-17(25-3)16(12-15)13-27-19-21-10-6-11-22-19/h6-8,10-12H,4-5,9,13H2,1-3H3,(H2,20,24,26)/b23-14-. The van der Waals surface area contributed by atoms with Crippen molar-refractivity contribution in [2.24, 2.45) is 5.10 Å². The zero-order chi connectivity index (χ0) is 19.5. The molecule has 0 radical (unpaired) electrons. The minimum atomic E-state index is 0.535. The number of hydrogen-bond donors (Lipinski definition) is 2. The van der Waals surface area contributed by atoms with Gasteiger partial charge in [0.25, 0.3) is 0 Å². The Labute approximate surface area is 170 Å². The average Bonchev–Trinajstić information content (AvgIpc) is 2.71. The van der Waals surface area contributed by atoms with Crippen LogP contribution in [0.5, 0.6) is 5.75 Å². The van der Waals surface area contributed by atoms with Crippen LogP contribution in [0, 0.1) is 0 Å². The predicted octanol–water partition coefficient (Wildman–Crippen LogP) is 3.77. The maximum atomic E-state index is 5.48. The van der Waals surface area contributed by atoms with Crippen molar-refractivity contribution in [3.05, 3.63) is 47.8 Å². The molecule has 1 heterocycles. The molecule has 0 aliphatic rings. The first-order valence-electron chi connectivity index (χ1n) is 8.79. The van der Waals surface area contributed by atoms with E-state index in [-0.39, 0.29) is 0 Å². The summed E-state index contributed by atoms with van der Waals surface area (Å²) in [6.07, 6.45) is 5.68. The van der Waals surface area contributed by atoms with Crippen LogP contribution in [0.15, 0.2) is 46.9 Å². The summed E-state index contributed by atoms with van der Waals surface area (Å²) in [5, 5.41) is 8.79. The lowest BCUT2D eigenvalue weighted by Crippen LogP contribution is -2.33. The molecule has 27 heavy (non-hydrogen) atoms. The third-order valence-corrected chi connectivity index (χ3v) is 4.90. The first kappa shape index (κ1) is 21.1. The van der Waals surface area contributed by atoms with Gasteiger partial charge in [0.1, 0.15) is 5.75 Å². The molecular weight excluding hydrogens is 378 g/mol. The summed E-state index contributed by atoms with van der Waals surface area (Å²) in [5.41, 5.74) is 5.81. The molecule has 0 saturated carbocycles. The van der Waals surface area contributed by atoms with Crippen molar-refractivity contribution in [1.29, 1.82) is 0 Å². The third-order valence-electron chi connectivity index (χ3n) is 3.74. The van der Waals surface area contributed by atoms with Gasteiger partial charge in [-0.05, 0) is 55.4 Å². The van der Waals surface area contributed by atoms with Crippen LogP contribution in [0.4, 0.5) is 0 Å². The highest BCUT2D eigenvalue weighted by Crippen LogP contribution is 2.27. The van der Waals surface area contributed by atoms with Crippen LogP contribution in [0.1, 0.15) is 37.8 Å². The van der Waals surface area contributed by atoms with Crippen LogP contribution in [-0.2, 0) is 5.75 Å². The fraction of sp³-hybridized carbons (Fsp3) is 0.368. The number of aromatic nitrogens is 2. The summed E-state index contributed by atoms with van der Waals surface area (Å²) in [6.45, 7) is 4.94. The van der Waals surface area contributed by atoms with Crippen molar-refractivity contribution in [2.75, 3.05) is 13.7 Å². The fourth-order valence-electron chi connectivity index (χ4n) is 2.24. The lowest BCUT2D eigenvalue weighted by molar-refractivity contribution is 0.411. The Balaban J connectivity index is 2.03. The van der Waals surface area contributed by atoms with Gasteiger partial charge in [-0.25, -0.2) is 9.97 Å². The van der Waals surface area contributed by atoms with Crippen LogP contribution in [0.3, 0.4) is 0 Å². The molecule has 1 aromatic carbocycles. The SMILES string of the molecule is CCCCNC(=S)N/N=C(/C)c1ccc(OC)c(CSc2ncccn2)c1. The van der Waals surface area contributed by atoms with Crippen molar-refractivity contribution in [2.45, 2.75) is 37.6 Å². The van der Waals surface area contributed by atoms with E-state index in [9.17, 15) is 0 Å². The molecule has 2 rings (SSSR count). The minimum Gasteiger partial charge on any atom is -0.496 e. The van der Waals surface area contributed by atoms with Gasteiger partial charge in [-0.2, -0.15) is 5.10 Å². The Kier molecular flexibility index (Phi) is 9.00. The summed E-state index contributed by atoms with van der Waals surface area (Å²) < 4.78 is 5.48. The molecule has 1 aromatic heterocycles. The number of benzene rings is 1. The Hall–Kier alpha value is -2.19. The molecule has 0 aliphatic carbocycles. The molecule has 144 valence electrons. The quantitative estimate of drug-likeness (QED) is 0.165. The summed E-state index contributed by atoms with van der Waals surface area (Å²) in [6, 6.07) is 7.82. The number of thioether (sulfide) groups is 1. The van der Waals surface area contributed by atoms with Crippen LogP contribution >= 0.6 is 24.0 Å². The highest BCUT2D eigenvalue weighted by molar-refractivity contribution is 7.98. The van der Waals surface area contributed by atoms with E-state index in [1.807, 2.05) is 19.1 Å². The van der Waals surface area contributed by atoms with Crippen molar-refractivity contribution < 1.29 is 4.74 Å². The number of nitrogens with zero attached hydrogens (tertiary/aromatic N) is 3. The van der Waals surface area contributed by atoms with Crippen LogP contribution in [0.2, 0.25) is 0 Å². The molecular formula is C19H25N5OS2. The topological polar surface area (TPSA) is 71.4 Å². The van der Waals surface area contributed by atoms with E-state index in [1.54, 1.807) is 37.3 Å². The highest BCUT2D eigenvalue weighted by atomic mass is 32.2. The number of methoxy groups -OCH3 is 1. The van der Waals surface area contributed by atoms with Gasteiger partial charge in [0.15, 0.2) is 10.3 Å². The zero-order valence-corrected chi connectivity index (χ0v) is 17.5. The number of rotatable bonds is 9. The van der Waals surface area contributed by atoms with E-state index in [2.05, 4.69) is 38.8 Å². The molecule has 0 amide bonds. The average molecular weight is 404 g/mol. The molecule has 0 fully saturated rings. The second-order valence-corrected chi connectivity index (χ2v) is 7.12. The van der Waals surface area contributed by atoms with E-state index in [0.717, 1.165) is 47.1 Å². The monoisotopic (exact) mass is 403 g/mol. The minimum absolute atomic E-state index is 0.535. The van der Waals surface area contributed by atoms with Crippen molar-refractivity contribution in [3.8, 4) is 5.75 Å². The van der Waals surface area contributed by atoms with E-state index in [0.29, 0.717) is 10.9 Å². The van der Waals surface area contributed by atoms with Gasteiger partial charge >= 0.3 is 0 Å². The molecule has 6 nitrogen and oxygen atoms in total. The summed E-state index contributed by atoms with van der Waals surface area (Å²) >= 11 is 6.79. The van der Waals surface area contributed by atoms with Crippen LogP contribution in [0.25, 0.3) is 0 Å². The maximum absolute atomic E-state index is 5.48. The van der Waals surface area contributed by atoms with E-state index in [4.69, 9.17) is 17.0 Å². The molecule has 0 aliphatic heterocycles. The Morgan fingerprint density at radius 2 is 2.07 bits per heavy atom. The molecule has 0 bridgehead atoms. The maximum Gasteiger partial charge on any atom is 0.187 e. The molecule has 0 unspecified atom stereocenters. The number of hydrazone groups is 1. The number of hydrogen-bond acceptors (Lipinski definition) is 6. The Morgan fingerprint density at radius 3 is 2.78 bits per heavy atom. The predicted molar refractivity (Wildman–Crippen MR) is 115 cm³/mol. The number of thiocarbonyl (C=S) groups is 1. The van der Waals surface area contributed by atoms with Crippen molar-refractivity contribution >= 4 is 34.8 Å². The number of unbranched alkanes of at least 4 members (excludes halogenated alkanes) is 1. The normalized spacial score (nSPS) is 11.1. The van der Waals surface area contributed by atoms with E-state index in [1.165, 1.54) is 0 Å². The highest BCUT2D eigenvalue weighted by Gasteiger charge is 2.08. The largest absolute Gasteiger partial charge is 0.496 e. The van der Waals surface area contributed by atoms with Gasteiger partial charge in [-0.3, -0.25) is 5.43 Å². The lowest BCUT2D eigenvalue weighted by atomic mass is 10.1. The van der Waals surface area contributed by atoms with Gasteiger partial charge in [-0.1, -0.05) is 25.1 Å². The second-order valence-electron chi connectivity index (χ2n) is 5.77. The van der Waals surface area contributed by atoms with Gasteiger partial charge < -0.3 is 10.1 Å². The van der Waals surface area contributed by atoms with Gasteiger partial charge in [0.2, 0.25) is 0 Å². The van der Waals surface area contributed by atoms with E-state index < -0.39 is 0 Å². The van der Waals surface area contributed by atoms with Crippen LogP contribution < -0.4 is 15.5 Å². The molecule has 2 aromatic rings. The second kappa shape index (κ2) is 11.5. The summed E-state index contributed by atoms with van der Waals surface area (Å²) in [4.78, 5) is 8.48. The fourth-order valence-corrected chi connectivity index (χ4v) is 3.16. The lowest BCUT2D eigenvalue weighted by Gasteiger charge is -2.11. The first-order chi connectivity index (χ1) is 13.1. The third kappa shape index (κ3) is 7.15. The smallest absolute Gasteiger partial charge is 0.187 e. The van der Waals surface area contributed by atoms with Crippen LogP contribution in [-0.4, -0.2) is 34.4 Å². The molecule has 0 saturated heterocycles. The number of nitrogens with one attached hydrogen (secondary N) is 2. The number of ether oxygens (including phenoxy) is 1. The Bertz CT molecular complexity index is 768. The van der Waals surface area contributed by atoms with Crippen molar-refractivity contribution in [1.82, 2.24) is 20.7 Å². The van der Waals surface area contributed by atoms with Gasteiger partial charge in [-0.15, -0.1) is 0 Å². The molecule has 8 heteroatoms. The zero-order valence-electron chi connectivity index (χ0n) is 15.9. The molecule has 0 spiro atoms. The van der Waals surface area contributed by atoms with Gasteiger partial charge in [0, 0.05) is 30.3 Å². The Morgan fingerprint density at radius 1 is 1.30 bits per heavy atom. The summed E-state index contributed by atoms with van der Waals surface area (Å²) in [7, 11) is 1.67. The summed E-state index contributed by atoms with van der Waals surface area (Å²) in [5.74, 6) is 1.54. The molecule has 2 N–H and O–H groups in total.